The maximum absolute atomic E-state index is 13.5. The Labute approximate surface area is 141 Å². The van der Waals surface area contributed by atoms with Gasteiger partial charge in [-0.2, -0.15) is 0 Å². The fraction of sp³-hybridized carbons (Fsp3) is 0.350. The third-order valence-electron chi connectivity index (χ3n) is 4.80. The molecule has 2 aromatic rings. The summed E-state index contributed by atoms with van der Waals surface area (Å²) >= 11 is 0. The zero-order valence-corrected chi connectivity index (χ0v) is 13.7. The van der Waals surface area contributed by atoms with Gasteiger partial charge >= 0.3 is 0 Å². The van der Waals surface area contributed by atoms with Crippen LogP contribution in [0.15, 0.2) is 48.5 Å². The number of halogens is 2. The first-order chi connectivity index (χ1) is 11.6. The Kier molecular flexibility index (Phi) is 4.93. The molecule has 2 aromatic carbocycles. The van der Waals surface area contributed by atoms with Crippen LogP contribution < -0.4 is 0 Å². The van der Waals surface area contributed by atoms with E-state index in [1.54, 1.807) is 4.90 Å². The first-order valence-electron chi connectivity index (χ1n) is 8.42. The van der Waals surface area contributed by atoms with Gasteiger partial charge in [0.2, 0.25) is 0 Å². The molecule has 0 N–H and O–H groups in total. The third-order valence-corrected chi connectivity index (χ3v) is 4.80. The lowest BCUT2D eigenvalue weighted by molar-refractivity contribution is 0.0713. The quantitative estimate of drug-likeness (QED) is 0.792. The van der Waals surface area contributed by atoms with Crippen LogP contribution in [0, 0.1) is 11.6 Å². The second kappa shape index (κ2) is 7.12. The molecule has 24 heavy (non-hydrogen) atoms. The van der Waals surface area contributed by atoms with Gasteiger partial charge in [-0.25, -0.2) is 8.78 Å². The highest BCUT2D eigenvalue weighted by molar-refractivity contribution is 5.94. The van der Waals surface area contributed by atoms with Gasteiger partial charge in [-0.1, -0.05) is 37.3 Å². The minimum Gasteiger partial charge on any atom is -0.335 e. The molecule has 1 aliphatic rings. The van der Waals surface area contributed by atoms with E-state index in [-0.39, 0.29) is 23.4 Å². The minimum atomic E-state index is -0.718. The monoisotopic (exact) mass is 329 g/mol. The molecule has 0 radical (unpaired) electrons. The molecule has 1 amide bonds. The molecule has 0 saturated carbocycles. The Bertz CT molecular complexity index is 697. The van der Waals surface area contributed by atoms with Gasteiger partial charge in [0.1, 0.15) is 11.6 Å². The number of nitrogens with zero attached hydrogens (tertiary/aromatic N) is 1. The van der Waals surface area contributed by atoms with Crippen molar-refractivity contribution >= 4 is 5.91 Å². The first kappa shape index (κ1) is 16.6. The fourth-order valence-electron chi connectivity index (χ4n) is 3.74. The van der Waals surface area contributed by atoms with Crippen LogP contribution >= 0.6 is 0 Å². The van der Waals surface area contributed by atoms with Crippen LogP contribution in [-0.4, -0.2) is 23.4 Å². The number of carbonyl (C=O) groups is 1. The van der Waals surface area contributed by atoms with Crippen molar-refractivity contribution in [3.8, 4) is 0 Å². The molecule has 1 fully saturated rings. The van der Waals surface area contributed by atoms with Gasteiger partial charge in [0.25, 0.3) is 5.91 Å². The van der Waals surface area contributed by atoms with Crippen molar-refractivity contribution < 1.29 is 13.6 Å². The Morgan fingerprint density at radius 3 is 2.46 bits per heavy atom. The van der Waals surface area contributed by atoms with E-state index in [0.29, 0.717) is 6.54 Å². The van der Waals surface area contributed by atoms with Crippen LogP contribution in [0.2, 0.25) is 0 Å². The van der Waals surface area contributed by atoms with Gasteiger partial charge in [-0.05, 0) is 37.0 Å². The van der Waals surface area contributed by atoms with Crippen molar-refractivity contribution in [2.24, 2.45) is 0 Å². The summed E-state index contributed by atoms with van der Waals surface area (Å²) in [7, 11) is 0. The Balaban J connectivity index is 1.88. The zero-order valence-electron chi connectivity index (χ0n) is 13.7. The summed E-state index contributed by atoms with van der Waals surface area (Å²) in [6.45, 7) is 2.74. The molecule has 1 heterocycles. The smallest absolute Gasteiger partial charge is 0.254 e. The summed E-state index contributed by atoms with van der Waals surface area (Å²) in [6.07, 6.45) is 2.74. The van der Waals surface area contributed by atoms with E-state index >= 15 is 0 Å². The van der Waals surface area contributed by atoms with E-state index < -0.39 is 11.6 Å². The summed E-state index contributed by atoms with van der Waals surface area (Å²) in [6, 6.07) is 13.2. The molecule has 1 saturated heterocycles. The maximum Gasteiger partial charge on any atom is 0.254 e. The number of carbonyl (C=O) groups excluding carboxylic acids is 1. The zero-order chi connectivity index (χ0) is 17.1. The third kappa shape index (κ3) is 3.32. The number of rotatable bonds is 4. The van der Waals surface area contributed by atoms with Gasteiger partial charge < -0.3 is 4.90 Å². The van der Waals surface area contributed by atoms with Crippen molar-refractivity contribution in [3.05, 3.63) is 71.3 Å². The SMILES string of the molecule is CCC(c1ccccc1)C1CCCN1C(=O)c1cc(F)cc(F)c1. The summed E-state index contributed by atoms with van der Waals surface area (Å²) in [4.78, 5) is 14.6. The van der Waals surface area contributed by atoms with Crippen LogP contribution in [0.3, 0.4) is 0 Å². The predicted octanol–water partition coefficient (Wildman–Crippen LogP) is 4.76. The molecule has 2 atom stereocenters. The van der Waals surface area contributed by atoms with Gasteiger partial charge in [-0.15, -0.1) is 0 Å². The Hall–Kier alpha value is -2.23. The van der Waals surface area contributed by atoms with E-state index in [2.05, 4.69) is 19.1 Å². The standard InChI is InChI=1S/C20H21F2NO/c1-2-18(14-7-4-3-5-8-14)19-9-6-10-23(19)20(24)15-11-16(21)13-17(22)12-15/h3-5,7-8,11-13,18-19H,2,6,9-10H2,1H3. The van der Waals surface area contributed by atoms with E-state index in [1.807, 2.05) is 18.2 Å². The van der Waals surface area contributed by atoms with Gasteiger partial charge in [-0.3, -0.25) is 4.79 Å². The highest BCUT2D eigenvalue weighted by Gasteiger charge is 2.35. The fourth-order valence-corrected chi connectivity index (χ4v) is 3.74. The lowest BCUT2D eigenvalue weighted by Crippen LogP contribution is -2.39. The highest BCUT2D eigenvalue weighted by Crippen LogP contribution is 2.34. The van der Waals surface area contributed by atoms with Crippen LogP contribution in [0.5, 0.6) is 0 Å². The Morgan fingerprint density at radius 1 is 1.17 bits per heavy atom. The Morgan fingerprint density at radius 2 is 1.83 bits per heavy atom. The van der Waals surface area contributed by atoms with E-state index in [4.69, 9.17) is 0 Å². The summed E-state index contributed by atoms with van der Waals surface area (Å²) in [5.74, 6) is -1.49. The molecule has 2 nitrogen and oxygen atoms in total. The summed E-state index contributed by atoms with van der Waals surface area (Å²) in [5.41, 5.74) is 1.29. The first-order valence-corrected chi connectivity index (χ1v) is 8.42. The molecule has 0 bridgehead atoms. The predicted molar refractivity (Wildman–Crippen MR) is 89.9 cm³/mol. The van der Waals surface area contributed by atoms with Crippen molar-refractivity contribution in [1.82, 2.24) is 4.90 Å². The second-order valence-electron chi connectivity index (χ2n) is 6.29. The largest absolute Gasteiger partial charge is 0.335 e. The van der Waals surface area contributed by atoms with Crippen molar-refractivity contribution in [2.75, 3.05) is 6.54 Å². The van der Waals surface area contributed by atoms with Crippen molar-refractivity contribution in [3.63, 3.8) is 0 Å². The highest BCUT2D eigenvalue weighted by atomic mass is 19.1. The maximum atomic E-state index is 13.5. The average molecular weight is 329 g/mol. The van der Waals surface area contributed by atoms with Crippen LogP contribution in [0.25, 0.3) is 0 Å². The number of amides is 1. The molecule has 2 unspecified atom stereocenters. The lowest BCUT2D eigenvalue weighted by atomic mass is 9.87. The number of benzene rings is 2. The normalized spacial score (nSPS) is 18.6. The number of hydrogen-bond acceptors (Lipinski definition) is 1. The molecule has 1 aliphatic heterocycles. The molecule has 0 aromatic heterocycles. The number of hydrogen-bond donors (Lipinski definition) is 0. The number of likely N-dealkylation sites (tertiary alicyclic amines) is 1. The van der Waals surface area contributed by atoms with Crippen LogP contribution in [0.4, 0.5) is 8.78 Å². The molecule has 3 rings (SSSR count). The molecule has 126 valence electrons. The van der Waals surface area contributed by atoms with E-state index in [1.165, 1.54) is 5.56 Å². The summed E-state index contributed by atoms with van der Waals surface area (Å²) in [5, 5.41) is 0. The average Bonchev–Trinajstić information content (AvgIpc) is 3.04. The molecule has 0 spiro atoms. The lowest BCUT2D eigenvalue weighted by Gasteiger charge is -2.31. The second-order valence-corrected chi connectivity index (χ2v) is 6.29. The molecule has 4 heteroatoms. The van der Waals surface area contributed by atoms with Crippen molar-refractivity contribution in [2.45, 2.75) is 38.1 Å². The molecular formula is C20H21F2NO. The van der Waals surface area contributed by atoms with Crippen LogP contribution in [-0.2, 0) is 0 Å². The topological polar surface area (TPSA) is 20.3 Å². The van der Waals surface area contributed by atoms with Crippen molar-refractivity contribution in [1.29, 1.82) is 0 Å². The molecular weight excluding hydrogens is 308 g/mol. The van der Waals surface area contributed by atoms with Crippen LogP contribution in [0.1, 0.15) is 48.0 Å². The minimum absolute atomic E-state index is 0.0660. The molecule has 0 aliphatic carbocycles. The summed E-state index contributed by atoms with van der Waals surface area (Å²) < 4.78 is 26.9. The van der Waals surface area contributed by atoms with E-state index in [9.17, 15) is 13.6 Å². The van der Waals surface area contributed by atoms with Gasteiger partial charge in [0, 0.05) is 30.1 Å². The van der Waals surface area contributed by atoms with Gasteiger partial charge in [0.15, 0.2) is 0 Å². The van der Waals surface area contributed by atoms with Gasteiger partial charge in [0.05, 0.1) is 0 Å². The van der Waals surface area contributed by atoms with E-state index in [0.717, 1.165) is 37.5 Å².